The topological polar surface area (TPSA) is 93.1 Å². The van der Waals surface area contributed by atoms with E-state index in [2.05, 4.69) is 9.47 Å². The first-order valence-corrected chi connectivity index (χ1v) is 6.32. The molecule has 2 N–H and O–H groups in total. The van der Waals surface area contributed by atoms with Gasteiger partial charge in [0.2, 0.25) is 0 Å². The van der Waals surface area contributed by atoms with Crippen molar-refractivity contribution < 1.29 is 29.3 Å². The number of carbonyl (C=O) groups is 2. The Labute approximate surface area is 126 Å². The zero-order valence-electron chi connectivity index (χ0n) is 12.0. The SMILES string of the molecule is COC(=O)c1c(O)cc(O)c(C(=O)OC)c1-c1ccccc1. The maximum absolute atomic E-state index is 12.0. The summed E-state index contributed by atoms with van der Waals surface area (Å²) in [5.41, 5.74) is 0.0742. The third kappa shape index (κ3) is 2.58. The number of phenols is 2. The van der Waals surface area contributed by atoms with E-state index in [0.29, 0.717) is 5.56 Å². The lowest BCUT2D eigenvalue weighted by atomic mass is 9.92. The average molecular weight is 302 g/mol. The van der Waals surface area contributed by atoms with Gasteiger partial charge >= 0.3 is 11.9 Å². The van der Waals surface area contributed by atoms with Gasteiger partial charge in [0.15, 0.2) is 0 Å². The van der Waals surface area contributed by atoms with Gasteiger partial charge in [-0.05, 0) is 5.56 Å². The molecule has 6 nitrogen and oxygen atoms in total. The summed E-state index contributed by atoms with van der Waals surface area (Å²) >= 11 is 0. The fourth-order valence-electron chi connectivity index (χ4n) is 2.17. The van der Waals surface area contributed by atoms with Gasteiger partial charge in [0.1, 0.15) is 22.6 Å². The third-order valence-electron chi connectivity index (χ3n) is 3.13. The molecular weight excluding hydrogens is 288 g/mol. The second kappa shape index (κ2) is 6.17. The molecule has 0 unspecified atom stereocenters. The van der Waals surface area contributed by atoms with Crippen LogP contribution in [0, 0.1) is 0 Å². The fourth-order valence-corrected chi connectivity index (χ4v) is 2.17. The standard InChI is InChI=1S/C16H14O6/c1-21-15(19)13-10(17)8-11(18)14(16(20)22-2)12(13)9-6-4-3-5-7-9/h3-8,17-18H,1-2H3. The minimum atomic E-state index is -0.832. The third-order valence-corrected chi connectivity index (χ3v) is 3.13. The number of hydrogen-bond donors (Lipinski definition) is 2. The highest BCUT2D eigenvalue weighted by Crippen LogP contribution is 2.39. The summed E-state index contributed by atoms with van der Waals surface area (Å²) in [6, 6.07) is 9.31. The van der Waals surface area contributed by atoms with Gasteiger partial charge < -0.3 is 19.7 Å². The molecule has 2 aromatic rings. The summed E-state index contributed by atoms with van der Waals surface area (Å²) in [5, 5.41) is 20.0. The largest absolute Gasteiger partial charge is 0.507 e. The van der Waals surface area contributed by atoms with Crippen molar-refractivity contribution in [3.05, 3.63) is 47.5 Å². The Kier molecular flexibility index (Phi) is 4.31. The average Bonchev–Trinajstić information content (AvgIpc) is 2.53. The van der Waals surface area contributed by atoms with Crippen LogP contribution < -0.4 is 0 Å². The van der Waals surface area contributed by atoms with Crippen LogP contribution in [0.25, 0.3) is 11.1 Å². The Balaban J connectivity index is 2.90. The van der Waals surface area contributed by atoms with E-state index in [-0.39, 0.29) is 16.7 Å². The van der Waals surface area contributed by atoms with Crippen LogP contribution in [0.5, 0.6) is 11.5 Å². The van der Waals surface area contributed by atoms with Crippen LogP contribution in [-0.2, 0) is 9.47 Å². The van der Waals surface area contributed by atoms with Gasteiger partial charge in [0.05, 0.1) is 14.2 Å². The van der Waals surface area contributed by atoms with Crippen molar-refractivity contribution in [3.8, 4) is 22.6 Å². The lowest BCUT2D eigenvalue weighted by molar-refractivity contribution is 0.0597. The maximum Gasteiger partial charge on any atom is 0.342 e. The van der Waals surface area contributed by atoms with E-state index in [9.17, 15) is 19.8 Å². The molecule has 0 aromatic heterocycles. The van der Waals surface area contributed by atoms with Crippen molar-refractivity contribution in [2.75, 3.05) is 14.2 Å². The zero-order chi connectivity index (χ0) is 16.3. The number of carbonyl (C=O) groups excluding carboxylic acids is 2. The van der Waals surface area contributed by atoms with E-state index in [4.69, 9.17) is 0 Å². The molecule has 0 aliphatic heterocycles. The van der Waals surface area contributed by atoms with Crippen LogP contribution in [-0.4, -0.2) is 36.4 Å². The predicted octanol–water partition coefficient (Wildman–Crippen LogP) is 2.34. The second-order valence-corrected chi connectivity index (χ2v) is 4.39. The van der Waals surface area contributed by atoms with Crippen LogP contribution in [0.2, 0.25) is 0 Å². The van der Waals surface area contributed by atoms with Gasteiger partial charge in [-0.2, -0.15) is 0 Å². The molecule has 0 amide bonds. The van der Waals surface area contributed by atoms with Gasteiger partial charge in [0.25, 0.3) is 0 Å². The molecule has 0 fully saturated rings. The Morgan fingerprint density at radius 2 is 1.32 bits per heavy atom. The molecule has 0 spiro atoms. The number of esters is 2. The minimum absolute atomic E-state index is 0.0526. The molecule has 22 heavy (non-hydrogen) atoms. The molecule has 0 bridgehead atoms. The molecule has 6 heteroatoms. The van der Waals surface area contributed by atoms with Crippen molar-refractivity contribution >= 4 is 11.9 Å². The lowest BCUT2D eigenvalue weighted by Gasteiger charge is -2.15. The summed E-state index contributed by atoms with van der Waals surface area (Å²) in [4.78, 5) is 24.0. The van der Waals surface area contributed by atoms with E-state index in [1.165, 1.54) is 0 Å². The minimum Gasteiger partial charge on any atom is -0.507 e. The fraction of sp³-hybridized carbons (Fsp3) is 0.125. The Bertz CT molecular complexity index is 681. The first-order valence-electron chi connectivity index (χ1n) is 6.32. The van der Waals surface area contributed by atoms with Crippen LogP contribution in [0.15, 0.2) is 36.4 Å². The molecule has 2 aromatic carbocycles. The predicted molar refractivity (Wildman–Crippen MR) is 77.9 cm³/mol. The van der Waals surface area contributed by atoms with E-state index in [0.717, 1.165) is 20.3 Å². The number of ether oxygens (including phenoxy) is 2. The van der Waals surface area contributed by atoms with Crippen molar-refractivity contribution in [2.45, 2.75) is 0 Å². The quantitative estimate of drug-likeness (QED) is 0.845. The van der Waals surface area contributed by atoms with Gasteiger partial charge in [0, 0.05) is 11.6 Å². The zero-order valence-corrected chi connectivity index (χ0v) is 12.0. The Morgan fingerprint density at radius 1 is 0.864 bits per heavy atom. The Hall–Kier alpha value is -3.02. The summed E-state index contributed by atoms with van der Waals surface area (Å²) in [7, 11) is 2.31. The molecule has 0 saturated carbocycles. The van der Waals surface area contributed by atoms with Gasteiger partial charge in [-0.1, -0.05) is 30.3 Å². The van der Waals surface area contributed by atoms with Crippen LogP contribution in [0.3, 0.4) is 0 Å². The molecule has 114 valence electrons. The first kappa shape index (κ1) is 15.4. The van der Waals surface area contributed by atoms with Crippen molar-refractivity contribution in [1.82, 2.24) is 0 Å². The lowest BCUT2D eigenvalue weighted by Crippen LogP contribution is -2.11. The number of benzene rings is 2. The van der Waals surface area contributed by atoms with E-state index in [1.54, 1.807) is 30.3 Å². The van der Waals surface area contributed by atoms with E-state index in [1.807, 2.05) is 0 Å². The number of rotatable bonds is 3. The number of methoxy groups -OCH3 is 2. The summed E-state index contributed by atoms with van der Waals surface area (Å²) in [5.74, 6) is -2.64. The molecular formula is C16H14O6. The van der Waals surface area contributed by atoms with Crippen LogP contribution >= 0.6 is 0 Å². The second-order valence-electron chi connectivity index (χ2n) is 4.39. The Morgan fingerprint density at radius 3 is 1.73 bits per heavy atom. The van der Waals surface area contributed by atoms with Crippen molar-refractivity contribution in [3.63, 3.8) is 0 Å². The van der Waals surface area contributed by atoms with Crippen molar-refractivity contribution in [2.24, 2.45) is 0 Å². The molecule has 0 atom stereocenters. The molecule has 0 radical (unpaired) electrons. The summed E-state index contributed by atoms with van der Waals surface area (Å²) < 4.78 is 9.31. The highest BCUT2D eigenvalue weighted by Gasteiger charge is 2.28. The van der Waals surface area contributed by atoms with Crippen molar-refractivity contribution in [1.29, 1.82) is 0 Å². The van der Waals surface area contributed by atoms with Crippen LogP contribution in [0.1, 0.15) is 20.7 Å². The molecule has 0 heterocycles. The monoisotopic (exact) mass is 302 g/mol. The van der Waals surface area contributed by atoms with Crippen LogP contribution in [0.4, 0.5) is 0 Å². The smallest absolute Gasteiger partial charge is 0.342 e. The summed E-state index contributed by atoms with van der Waals surface area (Å²) in [6.07, 6.45) is 0. The highest BCUT2D eigenvalue weighted by molar-refractivity contribution is 6.09. The van der Waals surface area contributed by atoms with Gasteiger partial charge in [-0.25, -0.2) is 9.59 Å². The van der Waals surface area contributed by atoms with E-state index < -0.39 is 23.4 Å². The maximum atomic E-state index is 12.0. The molecule has 0 aliphatic rings. The number of aromatic hydroxyl groups is 2. The normalized spacial score (nSPS) is 10.1. The van der Waals surface area contributed by atoms with Gasteiger partial charge in [-0.3, -0.25) is 0 Å². The highest BCUT2D eigenvalue weighted by atomic mass is 16.5. The molecule has 0 saturated heterocycles. The number of hydrogen-bond acceptors (Lipinski definition) is 6. The number of phenolic OH excluding ortho intramolecular Hbond substituents is 2. The van der Waals surface area contributed by atoms with Gasteiger partial charge in [-0.15, -0.1) is 0 Å². The van der Waals surface area contributed by atoms with E-state index >= 15 is 0 Å². The molecule has 0 aliphatic carbocycles. The molecule has 2 rings (SSSR count). The first-order chi connectivity index (χ1) is 10.5. The summed E-state index contributed by atoms with van der Waals surface area (Å²) in [6.45, 7) is 0.